The van der Waals surface area contributed by atoms with Crippen LogP contribution in [0.25, 0.3) is 0 Å². The van der Waals surface area contributed by atoms with Crippen molar-refractivity contribution in [2.75, 3.05) is 19.6 Å². The average molecular weight is 346 g/mol. The molecule has 0 N–H and O–H groups in total. The molecule has 2 amide bonds. The molecule has 0 saturated carbocycles. The van der Waals surface area contributed by atoms with Crippen LogP contribution in [0, 0.1) is 12.3 Å². The van der Waals surface area contributed by atoms with Crippen LogP contribution in [0.4, 0.5) is 0 Å². The van der Waals surface area contributed by atoms with Crippen LogP contribution in [0.1, 0.15) is 74.8 Å². The number of aryl methyl sites for hydroxylation is 1. The Morgan fingerprint density at radius 1 is 1.20 bits per heavy atom. The lowest BCUT2D eigenvalue weighted by Crippen LogP contribution is -2.52. The number of furan rings is 1. The van der Waals surface area contributed by atoms with Crippen molar-refractivity contribution in [2.24, 2.45) is 5.41 Å². The van der Waals surface area contributed by atoms with Crippen LogP contribution in [0.3, 0.4) is 0 Å². The number of carbonyl (C=O) groups is 2. The van der Waals surface area contributed by atoms with Gasteiger partial charge in [-0.1, -0.05) is 13.8 Å². The molecule has 3 rings (SSSR count). The molecule has 5 nitrogen and oxygen atoms in total. The maximum absolute atomic E-state index is 13.0. The highest BCUT2D eigenvalue weighted by Gasteiger charge is 2.50. The number of amides is 2. The minimum Gasteiger partial charge on any atom is -0.465 e. The van der Waals surface area contributed by atoms with Gasteiger partial charge < -0.3 is 14.2 Å². The minimum atomic E-state index is -0.378. The van der Waals surface area contributed by atoms with Crippen molar-refractivity contribution >= 4 is 11.8 Å². The minimum absolute atomic E-state index is 0.000467. The van der Waals surface area contributed by atoms with Crippen molar-refractivity contribution in [1.82, 2.24) is 9.80 Å². The first-order valence-corrected chi connectivity index (χ1v) is 9.46. The predicted molar refractivity (Wildman–Crippen MR) is 96.6 cm³/mol. The Labute approximate surface area is 150 Å². The molecule has 1 spiro atoms. The monoisotopic (exact) mass is 346 g/mol. The number of piperidine rings is 1. The van der Waals surface area contributed by atoms with Crippen LogP contribution in [0.2, 0.25) is 0 Å². The molecule has 0 unspecified atom stereocenters. The molecule has 0 aliphatic carbocycles. The molecule has 3 heterocycles. The fourth-order valence-electron chi connectivity index (χ4n) is 4.19. The van der Waals surface area contributed by atoms with Crippen LogP contribution in [-0.4, -0.2) is 47.3 Å². The molecular weight excluding hydrogens is 316 g/mol. The Morgan fingerprint density at radius 2 is 1.92 bits per heavy atom. The molecule has 138 valence electrons. The number of hydrogen-bond acceptors (Lipinski definition) is 3. The summed E-state index contributed by atoms with van der Waals surface area (Å²) in [5.41, 5.74) is 0.265. The molecule has 0 aromatic carbocycles. The zero-order chi connectivity index (χ0) is 18.4. The van der Waals surface area contributed by atoms with Crippen LogP contribution in [-0.2, 0) is 4.79 Å². The lowest BCUT2D eigenvalue weighted by molar-refractivity contribution is -0.147. The van der Waals surface area contributed by atoms with E-state index in [-0.39, 0.29) is 29.2 Å². The topological polar surface area (TPSA) is 53.8 Å². The summed E-state index contributed by atoms with van der Waals surface area (Å²) in [6.07, 6.45) is 2.68. The van der Waals surface area contributed by atoms with Crippen molar-refractivity contribution < 1.29 is 14.0 Å². The van der Waals surface area contributed by atoms with Gasteiger partial charge in [0.1, 0.15) is 11.5 Å². The van der Waals surface area contributed by atoms with Gasteiger partial charge in [0.05, 0.1) is 11.0 Å². The van der Waals surface area contributed by atoms with Gasteiger partial charge in [0.25, 0.3) is 5.91 Å². The van der Waals surface area contributed by atoms with E-state index in [1.807, 2.05) is 22.8 Å². The standard InChI is InChI=1S/C20H30N2O3/c1-13(2)17-11-16(15(5)25-17)18(23)21-10-8-20(12-21)7-6-9-22(14(3)4)19(20)24/h11,13-14H,6-10,12H2,1-5H3/t20-/m0/s1. The lowest BCUT2D eigenvalue weighted by atomic mass is 9.78. The van der Waals surface area contributed by atoms with Crippen molar-refractivity contribution in [3.8, 4) is 0 Å². The lowest BCUT2D eigenvalue weighted by Gasteiger charge is -2.41. The maximum atomic E-state index is 13.0. The van der Waals surface area contributed by atoms with Gasteiger partial charge in [0, 0.05) is 31.6 Å². The first-order chi connectivity index (χ1) is 11.7. The van der Waals surface area contributed by atoms with Crippen molar-refractivity contribution in [1.29, 1.82) is 0 Å². The van der Waals surface area contributed by atoms with Gasteiger partial charge in [-0.05, 0) is 46.1 Å². The molecule has 2 saturated heterocycles. The van der Waals surface area contributed by atoms with Crippen LogP contribution < -0.4 is 0 Å². The van der Waals surface area contributed by atoms with E-state index in [1.54, 1.807) is 0 Å². The van der Waals surface area contributed by atoms with Crippen molar-refractivity contribution in [3.05, 3.63) is 23.2 Å². The molecule has 2 aliphatic heterocycles. The third-order valence-corrected chi connectivity index (χ3v) is 5.77. The van der Waals surface area contributed by atoms with Crippen LogP contribution >= 0.6 is 0 Å². The van der Waals surface area contributed by atoms with Gasteiger partial charge in [0.2, 0.25) is 5.91 Å². The summed E-state index contributed by atoms with van der Waals surface area (Å²) >= 11 is 0. The molecule has 2 fully saturated rings. The van der Waals surface area contributed by atoms with E-state index in [2.05, 4.69) is 27.7 Å². The highest BCUT2D eigenvalue weighted by atomic mass is 16.3. The van der Waals surface area contributed by atoms with Gasteiger partial charge >= 0.3 is 0 Å². The quantitative estimate of drug-likeness (QED) is 0.841. The highest BCUT2D eigenvalue weighted by Crippen LogP contribution is 2.41. The number of nitrogens with zero attached hydrogens (tertiary/aromatic N) is 2. The summed E-state index contributed by atoms with van der Waals surface area (Å²) in [7, 11) is 0. The van der Waals surface area contributed by atoms with Crippen LogP contribution in [0.5, 0.6) is 0 Å². The van der Waals surface area contributed by atoms with Crippen molar-refractivity contribution in [2.45, 2.75) is 65.8 Å². The Kier molecular flexibility index (Phi) is 4.69. The van der Waals surface area contributed by atoms with E-state index in [4.69, 9.17) is 4.42 Å². The molecule has 1 aromatic rings. The third-order valence-electron chi connectivity index (χ3n) is 5.77. The molecule has 1 atom stereocenters. The zero-order valence-corrected chi connectivity index (χ0v) is 16.1. The summed E-state index contributed by atoms with van der Waals surface area (Å²) in [4.78, 5) is 29.9. The number of carbonyl (C=O) groups excluding carboxylic acids is 2. The van der Waals surface area contributed by atoms with Gasteiger partial charge in [0.15, 0.2) is 0 Å². The second kappa shape index (κ2) is 6.50. The predicted octanol–water partition coefficient (Wildman–Crippen LogP) is 3.57. The summed E-state index contributed by atoms with van der Waals surface area (Å²) in [6, 6.07) is 2.09. The van der Waals surface area contributed by atoms with Crippen molar-refractivity contribution in [3.63, 3.8) is 0 Å². The number of rotatable bonds is 3. The largest absolute Gasteiger partial charge is 0.465 e. The number of likely N-dealkylation sites (tertiary alicyclic amines) is 2. The summed E-state index contributed by atoms with van der Waals surface area (Å²) in [6.45, 7) is 12.1. The summed E-state index contributed by atoms with van der Waals surface area (Å²) < 4.78 is 5.74. The van der Waals surface area contributed by atoms with Gasteiger partial charge in [-0.15, -0.1) is 0 Å². The molecule has 0 radical (unpaired) electrons. The Hall–Kier alpha value is -1.78. The molecule has 5 heteroatoms. The van der Waals surface area contributed by atoms with E-state index in [1.165, 1.54) is 0 Å². The Balaban J connectivity index is 1.78. The van der Waals surface area contributed by atoms with E-state index in [0.717, 1.165) is 31.6 Å². The third kappa shape index (κ3) is 3.09. The second-order valence-corrected chi connectivity index (χ2v) is 8.23. The molecule has 2 aliphatic rings. The maximum Gasteiger partial charge on any atom is 0.257 e. The number of hydrogen-bond donors (Lipinski definition) is 0. The molecular formula is C20H30N2O3. The molecule has 0 bridgehead atoms. The first-order valence-electron chi connectivity index (χ1n) is 9.46. The summed E-state index contributed by atoms with van der Waals surface area (Å²) in [5.74, 6) is 2.00. The van der Waals surface area contributed by atoms with E-state index < -0.39 is 0 Å². The van der Waals surface area contributed by atoms with E-state index >= 15 is 0 Å². The second-order valence-electron chi connectivity index (χ2n) is 8.23. The van der Waals surface area contributed by atoms with E-state index in [9.17, 15) is 9.59 Å². The highest BCUT2D eigenvalue weighted by molar-refractivity contribution is 5.96. The first kappa shape index (κ1) is 18.0. The average Bonchev–Trinajstić information content (AvgIpc) is 3.14. The van der Waals surface area contributed by atoms with Crippen LogP contribution in [0.15, 0.2) is 10.5 Å². The SMILES string of the molecule is Cc1oc(C(C)C)cc1C(=O)N1CC[C@@]2(CCCN(C(C)C)C2=O)C1. The fraction of sp³-hybridized carbons (Fsp3) is 0.700. The summed E-state index contributed by atoms with van der Waals surface area (Å²) in [5, 5.41) is 0. The smallest absolute Gasteiger partial charge is 0.257 e. The molecule has 25 heavy (non-hydrogen) atoms. The normalized spacial score (nSPS) is 24.2. The molecule has 1 aromatic heterocycles. The fourth-order valence-corrected chi connectivity index (χ4v) is 4.19. The van der Waals surface area contributed by atoms with E-state index in [0.29, 0.717) is 24.4 Å². The van der Waals surface area contributed by atoms with Gasteiger partial charge in [-0.3, -0.25) is 9.59 Å². The van der Waals surface area contributed by atoms with Gasteiger partial charge in [-0.25, -0.2) is 0 Å². The Morgan fingerprint density at radius 3 is 2.52 bits per heavy atom. The van der Waals surface area contributed by atoms with Gasteiger partial charge in [-0.2, -0.15) is 0 Å². The Bertz CT molecular complexity index is 676. The zero-order valence-electron chi connectivity index (χ0n) is 16.1.